The molecule has 2 heterocycles. The van der Waals surface area contributed by atoms with Gasteiger partial charge in [0.05, 0.1) is 0 Å². The van der Waals surface area contributed by atoms with Crippen molar-refractivity contribution in [3.63, 3.8) is 0 Å². The van der Waals surface area contributed by atoms with Crippen LogP contribution in [0.4, 0.5) is 5.82 Å². The Morgan fingerprint density at radius 1 is 1.44 bits per heavy atom. The van der Waals surface area contributed by atoms with Crippen LogP contribution in [0.5, 0.6) is 0 Å². The van der Waals surface area contributed by atoms with Crippen LogP contribution in [-0.4, -0.2) is 42.6 Å². The van der Waals surface area contributed by atoms with Gasteiger partial charge in [-0.15, -0.1) is 0 Å². The zero-order chi connectivity index (χ0) is 13.0. The molecule has 0 bridgehead atoms. The van der Waals surface area contributed by atoms with Crippen molar-refractivity contribution in [2.75, 3.05) is 31.6 Å². The van der Waals surface area contributed by atoms with Gasteiger partial charge in [-0.2, -0.15) is 0 Å². The Morgan fingerprint density at radius 3 is 2.78 bits per heavy atom. The van der Waals surface area contributed by atoms with Gasteiger partial charge in [0.15, 0.2) is 0 Å². The van der Waals surface area contributed by atoms with Crippen LogP contribution in [0.1, 0.15) is 25.3 Å². The summed E-state index contributed by atoms with van der Waals surface area (Å²) >= 11 is 0. The van der Waals surface area contributed by atoms with Crippen molar-refractivity contribution in [1.29, 1.82) is 0 Å². The lowest BCUT2D eigenvalue weighted by atomic mass is 10.0. The van der Waals surface area contributed by atoms with Gasteiger partial charge in [-0.25, -0.2) is 4.98 Å². The molecule has 0 aromatic carbocycles. The first-order chi connectivity index (χ1) is 8.74. The van der Waals surface area contributed by atoms with Crippen molar-refractivity contribution in [2.24, 2.45) is 5.73 Å². The van der Waals surface area contributed by atoms with Crippen LogP contribution in [0, 0.1) is 0 Å². The summed E-state index contributed by atoms with van der Waals surface area (Å²) in [6, 6.07) is 4.69. The third-order valence-corrected chi connectivity index (χ3v) is 3.96. The Hall–Kier alpha value is -1.13. The quantitative estimate of drug-likeness (QED) is 0.876. The fourth-order valence-electron chi connectivity index (χ4n) is 2.59. The molecule has 0 spiro atoms. The summed E-state index contributed by atoms with van der Waals surface area (Å²) in [5.41, 5.74) is 6.83. The number of hydrogen-bond acceptors (Lipinski definition) is 4. The first-order valence-electron chi connectivity index (χ1n) is 6.84. The Bertz CT molecular complexity index is 372. The monoisotopic (exact) mass is 248 g/mol. The van der Waals surface area contributed by atoms with Crippen molar-refractivity contribution in [3.05, 3.63) is 23.9 Å². The lowest BCUT2D eigenvalue weighted by Gasteiger charge is -2.36. The molecule has 4 nitrogen and oxygen atoms in total. The number of pyridine rings is 1. The maximum absolute atomic E-state index is 5.68. The molecule has 100 valence electrons. The molecule has 0 unspecified atom stereocenters. The van der Waals surface area contributed by atoms with Crippen molar-refractivity contribution in [3.8, 4) is 0 Å². The summed E-state index contributed by atoms with van der Waals surface area (Å²) in [4.78, 5) is 9.28. The number of rotatable bonds is 4. The van der Waals surface area contributed by atoms with Crippen LogP contribution in [0.3, 0.4) is 0 Å². The molecule has 1 fully saturated rings. The molecule has 1 saturated heterocycles. The number of hydrogen-bond donors (Lipinski definition) is 1. The molecule has 2 N–H and O–H groups in total. The topological polar surface area (TPSA) is 45.4 Å². The van der Waals surface area contributed by atoms with E-state index in [9.17, 15) is 0 Å². The highest BCUT2D eigenvalue weighted by Gasteiger charge is 2.22. The smallest absolute Gasteiger partial charge is 0.128 e. The number of nitrogens with zero attached hydrogens (tertiary/aromatic N) is 3. The minimum atomic E-state index is 0.581. The zero-order valence-corrected chi connectivity index (χ0v) is 11.5. The number of aromatic nitrogens is 1. The van der Waals surface area contributed by atoms with Crippen LogP contribution in [-0.2, 0) is 6.54 Å². The fraction of sp³-hybridized carbons (Fsp3) is 0.643. The molecule has 4 heteroatoms. The average Bonchev–Trinajstić information content (AvgIpc) is 2.46. The number of nitrogens with two attached hydrogens (primary N) is 1. The normalized spacial score (nSPS) is 17.9. The average molecular weight is 248 g/mol. The zero-order valence-electron chi connectivity index (χ0n) is 11.5. The molecule has 18 heavy (non-hydrogen) atoms. The van der Waals surface area contributed by atoms with Gasteiger partial charge < -0.3 is 15.5 Å². The number of piperidine rings is 1. The van der Waals surface area contributed by atoms with Gasteiger partial charge in [0.1, 0.15) is 5.82 Å². The van der Waals surface area contributed by atoms with E-state index < -0.39 is 0 Å². The third-order valence-electron chi connectivity index (χ3n) is 3.96. The minimum Gasteiger partial charge on any atom is -0.357 e. The minimum absolute atomic E-state index is 0.581. The van der Waals surface area contributed by atoms with Crippen molar-refractivity contribution >= 4 is 5.82 Å². The second-order valence-electron chi connectivity index (χ2n) is 5.00. The summed E-state index contributed by atoms with van der Waals surface area (Å²) in [7, 11) is 2.15. The Kier molecular flexibility index (Phi) is 4.55. The van der Waals surface area contributed by atoms with Crippen molar-refractivity contribution in [2.45, 2.75) is 32.4 Å². The number of likely N-dealkylation sites (tertiary alicyclic amines) is 1. The summed E-state index contributed by atoms with van der Waals surface area (Å²) in [6.07, 6.45) is 4.30. The van der Waals surface area contributed by atoms with Crippen molar-refractivity contribution < 1.29 is 0 Å². The maximum Gasteiger partial charge on any atom is 0.128 e. The predicted molar refractivity (Wildman–Crippen MR) is 75.7 cm³/mol. The van der Waals surface area contributed by atoms with Gasteiger partial charge in [0.2, 0.25) is 0 Å². The summed E-state index contributed by atoms with van der Waals surface area (Å²) in [6.45, 7) is 6.37. The van der Waals surface area contributed by atoms with Gasteiger partial charge in [-0.05, 0) is 37.1 Å². The summed E-state index contributed by atoms with van der Waals surface area (Å²) < 4.78 is 0. The molecule has 0 aliphatic carbocycles. The van der Waals surface area contributed by atoms with Crippen LogP contribution < -0.4 is 10.6 Å². The van der Waals surface area contributed by atoms with E-state index in [0.29, 0.717) is 12.6 Å². The second kappa shape index (κ2) is 6.16. The molecular formula is C14H24N4. The van der Waals surface area contributed by atoms with E-state index in [1.165, 1.54) is 25.9 Å². The van der Waals surface area contributed by atoms with Gasteiger partial charge in [-0.1, -0.05) is 6.92 Å². The van der Waals surface area contributed by atoms with Crippen LogP contribution in [0.25, 0.3) is 0 Å². The van der Waals surface area contributed by atoms with Crippen LogP contribution in [0.2, 0.25) is 0 Å². The largest absolute Gasteiger partial charge is 0.357 e. The molecule has 0 saturated carbocycles. The van der Waals surface area contributed by atoms with E-state index >= 15 is 0 Å². The molecule has 1 aromatic heterocycles. The van der Waals surface area contributed by atoms with Crippen LogP contribution in [0.15, 0.2) is 18.3 Å². The molecule has 0 radical (unpaired) electrons. The summed E-state index contributed by atoms with van der Waals surface area (Å²) in [5, 5.41) is 0. The van der Waals surface area contributed by atoms with E-state index in [2.05, 4.69) is 34.8 Å². The number of anilines is 1. The maximum atomic E-state index is 5.68. The molecule has 1 aliphatic rings. The molecular weight excluding hydrogens is 224 g/mol. The SMILES string of the molecule is CCN1CCC(N(C)c2cc(CN)ccn2)CC1. The van der Waals surface area contributed by atoms with Crippen molar-refractivity contribution in [1.82, 2.24) is 9.88 Å². The van der Waals surface area contributed by atoms with E-state index in [-0.39, 0.29) is 0 Å². The van der Waals surface area contributed by atoms with E-state index in [4.69, 9.17) is 5.73 Å². The highest BCUT2D eigenvalue weighted by Crippen LogP contribution is 2.20. The van der Waals surface area contributed by atoms with Crippen LogP contribution >= 0.6 is 0 Å². The summed E-state index contributed by atoms with van der Waals surface area (Å²) in [5.74, 6) is 1.05. The lowest BCUT2D eigenvalue weighted by molar-refractivity contribution is 0.220. The first kappa shape index (κ1) is 13.3. The molecule has 0 atom stereocenters. The highest BCUT2D eigenvalue weighted by atomic mass is 15.2. The van der Waals surface area contributed by atoms with E-state index in [1.54, 1.807) is 0 Å². The van der Waals surface area contributed by atoms with Gasteiger partial charge in [0.25, 0.3) is 0 Å². The van der Waals surface area contributed by atoms with E-state index in [1.807, 2.05) is 12.3 Å². The highest BCUT2D eigenvalue weighted by molar-refractivity contribution is 5.41. The standard InChI is InChI=1S/C14H24N4/c1-3-18-8-5-13(6-9-18)17(2)14-10-12(11-15)4-7-16-14/h4,7,10,13H,3,5-6,8-9,11,15H2,1-2H3. The Labute approximate surface area is 110 Å². The van der Waals surface area contributed by atoms with Gasteiger partial charge >= 0.3 is 0 Å². The fourth-order valence-corrected chi connectivity index (χ4v) is 2.59. The van der Waals surface area contributed by atoms with Gasteiger partial charge in [-0.3, -0.25) is 0 Å². The van der Waals surface area contributed by atoms with E-state index in [0.717, 1.165) is 17.9 Å². The first-order valence-corrected chi connectivity index (χ1v) is 6.84. The molecule has 1 aliphatic heterocycles. The Balaban J connectivity index is 2.00. The second-order valence-corrected chi connectivity index (χ2v) is 5.00. The molecule has 1 aromatic rings. The predicted octanol–water partition coefficient (Wildman–Crippen LogP) is 1.46. The lowest BCUT2D eigenvalue weighted by Crippen LogP contribution is -2.43. The molecule has 2 rings (SSSR count). The molecule has 0 amide bonds. The Morgan fingerprint density at radius 2 is 2.17 bits per heavy atom. The van der Waals surface area contributed by atoms with Gasteiger partial charge in [0, 0.05) is 38.9 Å². The third kappa shape index (κ3) is 3.00.